The molecule has 1 aromatic carbocycles. The van der Waals surface area contributed by atoms with E-state index in [0.29, 0.717) is 6.42 Å². The van der Waals surface area contributed by atoms with Gasteiger partial charge in [0.15, 0.2) is 0 Å². The van der Waals surface area contributed by atoms with Gasteiger partial charge in [0.05, 0.1) is 12.2 Å². The van der Waals surface area contributed by atoms with Gasteiger partial charge in [0.2, 0.25) is 0 Å². The summed E-state index contributed by atoms with van der Waals surface area (Å²) < 4.78 is 6.71. The Bertz CT molecular complexity index is 348. The lowest BCUT2D eigenvalue weighted by Gasteiger charge is -2.24. The molecule has 17 heavy (non-hydrogen) atoms. The maximum Gasteiger partial charge on any atom is 0.0605 e. The lowest BCUT2D eigenvalue weighted by Crippen LogP contribution is -2.25. The highest BCUT2D eigenvalue weighted by Gasteiger charge is 2.18. The van der Waals surface area contributed by atoms with Crippen molar-refractivity contribution in [1.29, 1.82) is 0 Å². The molecular formula is C14H19BrO2. The molecule has 0 aliphatic carbocycles. The Morgan fingerprint density at radius 3 is 3.00 bits per heavy atom. The van der Waals surface area contributed by atoms with E-state index >= 15 is 0 Å². The highest BCUT2D eigenvalue weighted by atomic mass is 79.9. The van der Waals surface area contributed by atoms with Crippen molar-refractivity contribution in [3.63, 3.8) is 0 Å². The SMILES string of the molecule is OC(Cc1cccc(Br)c1)CC1CCCCO1. The van der Waals surface area contributed by atoms with Crippen LogP contribution < -0.4 is 0 Å². The van der Waals surface area contributed by atoms with Gasteiger partial charge in [-0.05, 0) is 49.8 Å². The summed E-state index contributed by atoms with van der Waals surface area (Å²) in [5, 5.41) is 10.1. The van der Waals surface area contributed by atoms with Gasteiger partial charge in [-0.1, -0.05) is 28.1 Å². The maximum atomic E-state index is 10.1. The zero-order valence-corrected chi connectivity index (χ0v) is 11.5. The molecule has 0 spiro atoms. The summed E-state index contributed by atoms with van der Waals surface area (Å²) in [5.74, 6) is 0. The standard InChI is InChI=1S/C14H19BrO2/c15-12-5-3-4-11(8-12)9-13(16)10-14-6-1-2-7-17-14/h3-5,8,13-14,16H,1-2,6-7,9-10H2. The van der Waals surface area contributed by atoms with Crippen molar-refractivity contribution in [3.8, 4) is 0 Å². The summed E-state index contributed by atoms with van der Waals surface area (Å²) in [6, 6.07) is 8.12. The third-order valence-corrected chi connectivity index (χ3v) is 3.66. The van der Waals surface area contributed by atoms with Crippen LogP contribution in [-0.2, 0) is 11.2 Å². The Morgan fingerprint density at radius 1 is 1.41 bits per heavy atom. The molecule has 2 nitrogen and oxygen atoms in total. The minimum Gasteiger partial charge on any atom is -0.393 e. The number of aliphatic hydroxyl groups excluding tert-OH is 1. The van der Waals surface area contributed by atoms with E-state index in [1.807, 2.05) is 12.1 Å². The van der Waals surface area contributed by atoms with Crippen molar-refractivity contribution < 1.29 is 9.84 Å². The normalized spacial score (nSPS) is 22.4. The topological polar surface area (TPSA) is 29.5 Å². The number of hydrogen-bond donors (Lipinski definition) is 1. The lowest BCUT2D eigenvalue weighted by molar-refractivity contribution is -0.0147. The molecular weight excluding hydrogens is 280 g/mol. The van der Waals surface area contributed by atoms with Crippen molar-refractivity contribution in [2.75, 3.05) is 6.61 Å². The van der Waals surface area contributed by atoms with Crippen molar-refractivity contribution in [1.82, 2.24) is 0 Å². The summed E-state index contributed by atoms with van der Waals surface area (Å²) >= 11 is 3.44. The molecule has 1 aliphatic heterocycles. The zero-order chi connectivity index (χ0) is 12.1. The zero-order valence-electron chi connectivity index (χ0n) is 9.94. The van der Waals surface area contributed by atoms with E-state index in [2.05, 4.69) is 28.1 Å². The monoisotopic (exact) mass is 298 g/mol. The Morgan fingerprint density at radius 2 is 2.29 bits per heavy atom. The molecule has 3 heteroatoms. The third kappa shape index (κ3) is 4.41. The van der Waals surface area contributed by atoms with E-state index in [0.717, 1.165) is 30.3 Å². The number of halogens is 1. The van der Waals surface area contributed by atoms with Gasteiger partial charge in [0, 0.05) is 11.1 Å². The molecule has 0 saturated carbocycles. The molecule has 94 valence electrons. The van der Waals surface area contributed by atoms with E-state index < -0.39 is 0 Å². The largest absolute Gasteiger partial charge is 0.393 e. The predicted molar refractivity (Wildman–Crippen MR) is 72.1 cm³/mol. The smallest absolute Gasteiger partial charge is 0.0605 e. The van der Waals surface area contributed by atoms with Crippen LogP contribution in [0.5, 0.6) is 0 Å². The van der Waals surface area contributed by atoms with E-state index in [4.69, 9.17) is 4.74 Å². The number of aliphatic hydroxyl groups is 1. The number of hydrogen-bond acceptors (Lipinski definition) is 2. The molecule has 1 fully saturated rings. The van der Waals surface area contributed by atoms with Crippen molar-refractivity contribution in [2.24, 2.45) is 0 Å². The van der Waals surface area contributed by atoms with Gasteiger partial charge in [-0.3, -0.25) is 0 Å². The van der Waals surface area contributed by atoms with Crippen molar-refractivity contribution in [2.45, 2.75) is 44.3 Å². The number of rotatable bonds is 4. The predicted octanol–water partition coefficient (Wildman–Crippen LogP) is 3.31. The van der Waals surface area contributed by atoms with Crippen LogP contribution in [0.2, 0.25) is 0 Å². The van der Waals surface area contributed by atoms with Crippen LogP contribution in [0.25, 0.3) is 0 Å². The minimum atomic E-state index is -0.299. The lowest BCUT2D eigenvalue weighted by atomic mass is 9.99. The van der Waals surface area contributed by atoms with Gasteiger partial charge < -0.3 is 9.84 Å². The molecule has 0 bridgehead atoms. The Balaban J connectivity index is 1.82. The third-order valence-electron chi connectivity index (χ3n) is 3.17. The van der Waals surface area contributed by atoms with E-state index in [1.165, 1.54) is 12.0 Å². The van der Waals surface area contributed by atoms with Gasteiger partial charge in [-0.25, -0.2) is 0 Å². The first-order valence-corrected chi connectivity index (χ1v) is 7.07. The molecule has 0 radical (unpaired) electrons. The number of ether oxygens (including phenoxy) is 1. The summed E-state index contributed by atoms with van der Waals surface area (Å²) in [6.07, 6.45) is 4.91. The Kier molecular flexibility index (Phi) is 5.01. The van der Waals surface area contributed by atoms with Crippen LogP contribution in [0, 0.1) is 0 Å². The van der Waals surface area contributed by atoms with Crippen LogP contribution in [-0.4, -0.2) is 23.9 Å². The first kappa shape index (κ1) is 13.1. The molecule has 0 amide bonds. The fraction of sp³-hybridized carbons (Fsp3) is 0.571. The highest BCUT2D eigenvalue weighted by Crippen LogP contribution is 2.19. The average Bonchev–Trinajstić information content (AvgIpc) is 2.30. The first-order chi connectivity index (χ1) is 8.24. The van der Waals surface area contributed by atoms with Gasteiger partial charge in [0.1, 0.15) is 0 Å². The van der Waals surface area contributed by atoms with Crippen LogP contribution in [0.1, 0.15) is 31.2 Å². The molecule has 2 rings (SSSR count). The molecule has 1 heterocycles. The molecule has 0 aromatic heterocycles. The molecule has 1 saturated heterocycles. The summed E-state index contributed by atoms with van der Waals surface area (Å²) in [6.45, 7) is 0.855. The maximum absolute atomic E-state index is 10.1. The Hall–Kier alpha value is -0.380. The second-order valence-corrected chi connectivity index (χ2v) is 5.63. The van der Waals surface area contributed by atoms with Crippen molar-refractivity contribution in [3.05, 3.63) is 34.3 Å². The van der Waals surface area contributed by atoms with Gasteiger partial charge in [0.25, 0.3) is 0 Å². The molecule has 1 N–H and O–H groups in total. The molecule has 2 atom stereocenters. The van der Waals surface area contributed by atoms with E-state index in [-0.39, 0.29) is 12.2 Å². The fourth-order valence-electron chi connectivity index (χ4n) is 2.32. The van der Waals surface area contributed by atoms with Gasteiger partial charge in [-0.15, -0.1) is 0 Å². The molecule has 1 aliphatic rings. The Labute approximate surface area is 111 Å². The van der Waals surface area contributed by atoms with Crippen LogP contribution in [0.15, 0.2) is 28.7 Å². The van der Waals surface area contributed by atoms with Crippen LogP contribution >= 0.6 is 15.9 Å². The van der Waals surface area contributed by atoms with Gasteiger partial charge >= 0.3 is 0 Å². The van der Waals surface area contributed by atoms with Gasteiger partial charge in [-0.2, -0.15) is 0 Å². The van der Waals surface area contributed by atoms with Crippen LogP contribution in [0.3, 0.4) is 0 Å². The van der Waals surface area contributed by atoms with E-state index in [1.54, 1.807) is 0 Å². The minimum absolute atomic E-state index is 0.255. The van der Waals surface area contributed by atoms with Crippen LogP contribution in [0.4, 0.5) is 0 Å². The second kappa shape index (κ2) is 6.53. The number of benzene rings is 1. The summed E-state index contributed by atoms with van der Waals surface area (Å²) in [4.78, 5) is 0. The summed E-state index contributed by atoms with van der Waals surface area (Å²) in [7, 11) is 0. The van der Waals surface area contributed by atoms with E-state index in [9.17, 15) is 5.11 Å². The molecule has 1 aromatic rings. The second-order valence-electron chi connectivity index (χ2n) is 4.71. The molecule has 2 unspecified atom stereocenters. The fourth-order valence-corrected chi connectivity index (χ4v) is 2.76. The van der Waals surface area contributed by atoms with Crippen molar-refractivity contribution >= 4 is 15.9 Å². The average molecular weight is 299 g/mol. The first-order valence-electron chi connectivity index (χ1n) is 6.28. The highest BCUT2D eigenvalue weighted by molar-refractivity contribution is 9.10. The quantitative estimate of drug-likeness (QED) is 0.924. The summed E-state index contributed by atoms with van der Waals surface area (Å²) in [5.41, 5.74) is 1.17.